The summed E-state index contributed by atoms with van der Waals surface area (Å²) in [6, 6.07) is 2.26. The van der Waals surface area contributed by atoms with Gasteiger partial charge in [-0.05, 0) is 43.3 Å². The first-order valence-electron chi connectivity index (χ1n) is 8.82. The topological polar surface area (TPSA) is 50.3 Å². The minimum atomic E-state index is 0. The van der Waals surface area contributed by atoms with E-state index < -0.39 is 0 Å². The Morgan fingerprint density at radius 2 is 2.04 bits per heavy atom. The van der Waals surface area contributed by atoms with Gasteiger partial charge in [-0.15, -0.1) is 36.2 Å². The smallest absolute Gasteiger partial charge is 0.156 e. The second-order valence-corrected chi connectivity index (χ2v) is 7.32. The molecule has 0 aliphatic carbocycles. The zero-order valence-corrected chi connectivity index (χ0v) is 17.4. The van der Waals surface area contributed by atoms with Crippen LogP contribution < -0.4 is 10.2 Å². The van der Waals surface area contributed by atoms with Gasteiger partial charge in [0.1, 0.15) is 12.4 Å². The largest absolute Gasteiger partial charge is 0.374 e. The van der Waals surface area contributed by atoms with E-state index in [1.54, 1.807) is 0 Å². The standard InChI is InChI=1S/C18H24N4OS.2ClH/c1-2-23-12-17-20-15-4-8-19-7-3-14(15)18(21-17)22-9-5-16-13(11-22)6-10-24-16;;/h6,10,19H,2-5,7-9,11-12H2,1H3;2*1H. The Kier molecular flexibility index (Phi) is 8.10. The molecule has 0 radical (unpaired) electrons. The molecule has 8 heteroatoms. The van der Waals surface area contributed by atoms with Gasteiger partial charge < -0.3 is 15.0 Å². The van der Waals surface area contributed by atoms with Gasteiger partial charge >= 0.3 is 0 Å². The lowest BCUT2D eigenvalue weighted by molar-refractivity contribution is 0.128. The SMILES string of the molecule is CCOCc1nc2c(c(N3CCc4sccc4C3)n1)CCNCC2.Cl.Cl. The Balaban J connectivity index is 0.00000121. The molecule has 2 aromatic rings. The molecule has 0 saturated heterocycles. The first kappa shape index (κ1) is 21.4. The minimum absolute atomic E-state index is 0. The van der Waals surface area contributed by atoms with Gasteiger partial charge in [-0.3, -0.25) is 0 Å². The van der Waals surface area contributed by atoms with E-state index in [-0.39, 0.29) is 24.8 Å². The Bertz CT molecular complexity index is 725. The molecule has 1 N–H and O–H groups in total. The lowest BCUT2D eigenvalue weighted by atomic mass is 10.1. The van der Waals surface area contributed by atoms with E-state index in [1.807, 2.05) is 18.3 Å². The number of nitrogens with one attached hydrogen (secondary N) is 1. The van der Waals surface area contributed by atoms with Crippen molar-refractivity contribution in [3.05, 3.63) is 39.0 Å². The van der Waals surface area contributed by atoms with Crippen LogP contribution in [0.15, 0.2) is 11.4 Å². The number of anilines is 1. The Morgan fingerprint density at radius 1 is 1.19 bits per heavy atom. The molecule has 144 valence electrons. The second kappa shape index (κ2) is 9.85. The highest BCUT2D eigenvalue weighted by Gasteiger charge is 2.24. The van der Waals surface area contributed by atoms with Crippen molar-refractivity contribution in [3.8, 4) is 0 Å². The molecule has 4 heterocycles. The van der Waals surface area contributed by atoms with Crippen LogP contribution in [0.25, 0.3) is 0 Å². The summed E-state index contributed by atoms with van der Waals surface area (Å²) in [4.78, 5) is 13.7. The zero-order valence-electron chi connectivity index (χ0n) is 15.0. The van der Waals surface area contributed by atoms with E-state index in [0.29, 0.717) is 13.2 Å². The highest BCUT2D eigenvalue weighted by Crippen LogP contribution is 2.30. The zero-order chi connectivity index (χ0) is 16.4. The van der Waals surface area contributed by atoms with Crippen LogP contribution in [0.5, 0.6) is 0 Å². The number of ether oxygens (including phenoxy) is 1. The fraction of sp³-hybridized carbons (Fsp3) is 0.556. The Morgan fingerprint density at radius 3 is 2.88 bits per heavy atom. The maximum atomic E-state index is 5.57. The molecule has 4 rings (SSSR count). The van der Waals surface area contributed by atoms with Crippen LogP contribution in [0.3, 0.4) is 0 Å². The van der Waals surface area contributed by atoms with Crippen molar-refractivity contribution in [2.75, 3.05) is 31.1 Å². The fourth-order valence-electron chi connectivity index (χ4n) is 3.52. The van der Waals surface area contributed by atoms with Gasteiger partial charge in [0.05, 0.1) is 5.69 Å². The minimum Gasteiger partial charge on any atom is -0.374 e. The second-order valence-electron chi connectivity index (χ2n) is 6.32. The number of nitrogens with zero attached hydrogens (tertiary/aromatic N) is 3. The Hall–Kier alpha value is -0.920. The van der Waals surface area contributed by atoms with Crippen molar-refractivity contribution < 1.29 is 4.74 Å². The first-order valence-corrected chi connectivity index (χ1v) is 9.70. The average molecular weight is 417 g/mol. The number of aromatic nitrogens is 2. The van der Waals surface area contributed by atoms with E-state index >= 15 is 0 Å². The van der Waals surface area contributed by atoms with E-state index in [2.05, 4.69) is 21.7 Å². The molecular weight excluding hydrogens is 391 g/mol. The van der Waals surface area contributed by atoms with Crippen molar-refractivity contribution in [1.29, 1.82) is 0 Å². The summed E-state index contributed by atoms with van der Waals surface area (Å²) in [5, 5.41) is 5.69. The van der Waals surface area contributed by atoms with Gasteiger partial charge in [-0.2, -0.15) is 0 Å². The fourth-order valence-corrected chi connectivity index (χ4v) is 4.41. The lowest BCUT2D eigenvalue weighted by Crippen LogP contribution is -2.32. The molecule has 0 unspecified atom stereocenters. The number of fused-ring (bicyclic) bond motifs is 2. The van der Waals surface area contributed by atoms with Crippen LogP contribution >= 0.6 is 36.2 Å². The first-order chi connectivity index (χ1) is 11.8. The summed E-state index contributed by atoms with van der Waals surface area (Å²) in [5.41, 5.74) is 3.99. The van der Waals surface area contributed by atoms with Gasteiger partial charge in [0.2, 0.25) is 0 Å². The van der Waals surface area contributed by atoms with Crippen molar-refractivity contribution in [2.24, 2.45) is 0 Å². The van der Waals surface area contributed by atoms with Gasteiger partial charge in [0, 0.05) is 43.1 Å². The molecule has 0 saturated carbocycles. The number of hydrogen-bond acceptors (Lipinski definition) is 6. The molecule has 2 aromatic heterocycles. The van der Waals surface area contributed by atoms with Crippen LogP contribution in [-0.2, 0) is 37.2 Å². The summed E-state index contributed by atoms with van der Waals surface area (Å²) in [6.07, 6.45) is 3.10. The third kappa shape index (κ3) is 4.49. The van der Waals surface area contributed by atoms with Gasteiger partial charge in [0.25, 0.3) is 0 Å². The van der Waals surface area contributed by atoms with Gasteiger partial charge in [-0.1, -0.05) is 0 Å². The van der Waals surface area contributed by atoms with E-state index in [1.165, 1.54) is 21.7 Å². The number of rotatable bonds is 4. The number of halogens is 2. The quantitative estimate of drug-likeness (QED) is 0.828. The van der Waals surface area contributed by atoms with E-state index in [9.17, 15) is 0 Å². The molecular formula is C18H26Cl2N4OS. The average Bonchev–Trinajstić information content (AvgIpc) is 2.95. The van der Waals surface area contributed by atoms with Crippen molar-refractivity contribution in [2.45, 2.75) is 39.3 Å². The van der Waals surface area contributed by atoms with Crippen molar-refractivity contribution >= 4 is 42.0 Å². The normalized spacial score (nSPS) is 16.0. The lowest BCUT2D eigenvalue weighted by Gasteiger charge is -2.30. The molecule has 2 aliphatic rings. The van der Waals surface area contributed by atoms with Crippen LogP contribution in [0.1, 0.15) is 34.4 Å². The van der Waals surface area contributed by atoms with E-state index in [4.69, 9.17) is 14.7 Å². The number of thiophene rings is 1. The maximum absolute atomic E-state index is 5.57. The highest BCUT2D eigenvalue weighted by atomic mass is 35.5. The number of hydrogen-bond donors (Lipinski definition) is 1. The van der Waals surface area contributed by atoms with Crippen LogP contribution in [0.2, 0.25) is 0 Å². The molecule has 0 spiro atoms. The summed E-state index contributed by atoms with van der Waals surface area (Å²) < 4.78 is 5.57. The van der Waals surface area contributed by atoms with Gasteiger partial charge in [-0.25, -0.2) is 9.97 Å². The molecule has 0 fully saturated rings. The molecule has 5 nitrogen and oxygen atoms in total. The summed E-state index contributed by atoms with van der Waals surface area (Å²) in [6.45, 7) is 7.21. The van der Waals surface area contributed by atoms with Gasteiger partial charge in [0.15, 0.2) is 5.82 Å². The predicted octanol–water partition coefficient (Wildman–Crippen LogP) is 3.17. The van der Waals surface area contributed by atoms with Crippen LogP contribution in [0, 0.1) is 0 Å². The summed E-state index contributed by atoms with van der Waals surface area (Å²) in [5.74, 6) is 1.96. The third-order valence-electron chi connectivity index (χ3n) is 4.75. The Labute approximate surface area is 171 Å². The monoisotopic (exact) mass is 416 g/mol. The van der Waals surface area contributed by atoms with Crippen molar-refractivity contribution in [3.63, 3.8) is 0 Å². The summed E-state index contributed by atoms with van der Waals surface area (Å²) in [7, 11) is 0. The molecule has 26 heavy (non-hydrogen) atoms. The highest BCUT2D eigenvalue weighted by molar-refractivity contribution is 7.10. The summed E-state index contributed by atoms with van der Waals surface area (Å²) >= 11 is 1.88. The molecule has 0 aromatic carbocycles. The van der Waals surface area contributed by atoms with Crippen LogP contribution in [0.4, 0.5) is 5.82 Å². The maximum Gasteiger partial charge on any atom is 0.156 e. The molecule has 2 aliphatic heterocycles. The van der Waals surface area contributed by atoms with Crippen molar-refractivity contribution in [1.82, 2.24) is 15.3 Å². The van der Waals surface area contributed by atoms with E-state index in [0.717, 1.165) is 57.1 Å². The van der Waals surface area contributed by atoms with Crippen LogP contribution in [-0.4, -0.2) is 36.2 Å². The predicted molar refractivity (Wildman–Crippen MR) is 111 cm³/mol. The molecule has 0 amide bonds. The molecule has 0 bridgehead atoms. The molecule has 0 atom stereocenters. The third-order valence-corrected chi connectivity index (χ3v) is 5.77.